The van der Waals surface area contributed by atoms with E-state index in [0.29, 0.717) is 0 Å². The summed E-state index contributed by atoms with van der Waals surface area (Å²) in [5, 5.41) is 15.0. The van der Waals surface area contributed by atoms with Gasteiger partial charge in [-0.05, 0) is 36.5 Å². The maximum absolute atomic E-state index is 9.29. The molecule has 0 spiro atoms. The van der Waals surface area contributed by atoms with Crippen LogP contribution in [0.1, 0.15) is 11.6 Å². The van der Waals surface area contributed by atoms with Gasteiger partial charge in [-0.3, -0.25) is 5.32 Å². The Balaban J connectivity index is 2.14. The van der Waals surface area contributed by atoms with E-state index in [0.717, 1.165) is 18.7 Å². The molecular formula is C16H19N3. The van der Waals surface area contributed by atoms with Gasteiger partial charge in [-0.1, -0.05) is 36.4 Å². The molecule has 98 valence electrons. The van der Waals surface area contributed by atoms with Gasteiger partial charge in [0.05, 0.1) is 6.07 Å². The predicted molar refractivity (Wildman–Crippen MR) is 78.9 cm³/mol. The minimum atomic E-state index is -0.246. The van der Waals surface area contributed by atoms with Crippen molar-refractivity contribution in [3.8, 4) is 6.07 Å². The zero-order chi connectivity index (χ0) is 13.7. The highest BCUT2D eigenvalue weighted by Crippen LogP contribution is 2.20. The number of nitrogens with one attached hydrogen (secondary N) is 1. The van der Waals surface area contributed by atoms with Crippen molar-refractivity contribution in [1.82, 2.24) is 10.2 Å². The van der Waals surface area contributed by atoms with Gasteiger partial charge in [0.25, 0.3) is 0 Å². The minimum absolute atomic E-state index is 0.246. The quantitative estimate of drug-likeness (QED) is 0.890. The zero-order valence-corrected chi connectivity index (χ0v) is 11.4. The molecule has 1 unspecified atom stereocenters. The smallest absolute Gasteiger partial charge is 0.121 e. The molecule has 19 heavy (non-hydrogen) atoms. The molecule has 0 saturated heterocycles. The Bertz CT molecular complexity index is 584. The molecule has 2 aromatic rings. The summed E-state index contributed by atoms with van der Waals surface area (Å²) in [5.74, 6) is 0. The van der Waals surface area contributed by atoms with Crippen molar-refractivity contribution in [2.24, 2.45) is 0 Å². The van der Waals surface area contributed by atoms with E-state index in [2.05, 4.69) is 40.6 Å². The molecule has 2 rings (SSSR count). The van der Waals surface area contributed by atoms with Gasteiger partial charge in [-0.25, -0.2) is 0 Å². The highest BCUT2D eigenvalue weighted by molar-refractivity contribution is 5.83. The van der Waals surface area contributed by atoms with Crippen molar-refractivity contribution in [3.05, 3.63) is 48.0 Å². The summed E-state index contributed by atoms with van der Waals surface area (Å²) in [7, 11) is 4.05. The number of hydrogen-bond acceptors (Lipinski definition) is 3. The molecular weight excluding hydrogens is 234 g/mol. The van der Waals surface area contributed by atoms with Gasteiger partial charge >= 0.3 is 0 Å². The molecule has 0 fully saturated rings. The largest absolute Gasteiger partial charge is 0.308 e. The summed E-state index contributed by atoms with van der Waals surface area (Å²) in [5.41, 5.74) is 1.03. The molecule has 3 nitrogen and oxygen atoms in total. The molecule has 3 heteroatoms. The van der Waals surface area contributed by atoms with Crippen LogP contribution in [0, 0.1) is 11.3 Å². The van der Waals surface area contributed by atoms with Crippen LogP contribution in [0.2, 0.25) is 0 Å². The first-order valence-electron chi connectivity index (χ1n) is 6.47. The van der Waals surface area contributed by atoms with Crippen molar-refractivity contribution >= 4 is 10.8 Å². The van der Waals surface area contributed by atoms with Gasteiger partial charge in [0, 0.05) is 13.1 Å². The van der Waals surface area contributed by atoms with Crippen LogP contribution in [0.3, 0.4) is 0 Å². The van der Waals surface area contributed by atoms with E-state index in [9.17, 15) is 5.26 Å². The van der Waals surface area contributed by atoms with Gasteiger partial charge in [0.1, 0.15) is 6.04 Å². The average Bonchev–Trinajstić information content (AvgIpc) is 2.43. The Morgan fingerprint density at radius 1 is 1.16 bits per heavy atom. The lowest BCUT2D eigenvalue weighted by molar-refractivity contribution is 0.395. The van der Waals surface area contributed by atoms with Crippen molar-refractivity contribution in [1.29, 1.82) is 5.26 Å². The second-order valence-electron chi connectivity index (χ2n) is 4.93. The normalized spacial score (nSPS) is 12.5. The molecule has 2 aromatic carbocycles. The van der Waals surface area contributed by atoms with E-state index >= 15 is 0 Å². The van der Waals surface area contributed by atoms with Crippen molar-refractivity contribution in [2.45, 2.75) is 6.04 Å². The minimum Gasteiger partial charge on any atom is -0.308 e. The van der Waals surface area contributed by atoms with Crippen molar-refractivity contribution < 1.29 is 0 Å². The summed E-state index contributed by atoms with van der Waals surface area (Å²) in [6.07, 6.45) is 0. The van der Waals surface area contributed by atoms with Crippen LogP contribution in [0.15, 0.2) is 42.5 Å². The first-order chi connectivity index (χ1) is 9.20. The number of fused-ring (bicyclic) bond motifs is 1. The van der Waals surface area contributed by atoms with Crippen LogP contribution in [-0.4, -0.2) is 32.1 Å². The summed E-state index contributed by atoms with van der Waals surface area (Å²) < 4.78 is 0. The number of hydrogen-bond donors (Lipinski definition) is 1. The Labute approximate surface area is 114 Å². The SMILES string of the molecule is CN(C)CCNC(C#N)c1ccc2ccccc2c1. The number of nitrogens with zero attached hydrogens (tertiary/aromatic N) is 2. The lowest BCUT2D eigenvalue weighted by Gasteiger charge is -2.15. The highest BCUT2D eigenvalue weighted by Gasteiger charge is 2.09. The molecule has 0 radical (unpaired) electrons. The zero-order valence-electron chi connectivity index (χ0n) is 11.4. The number of nitriles is 1. The summed E-state index contributed by atoms with van der Waals surface area (Å²) in [6.45, 7) is 1.73. The molecule has 0 bridgehead atoms. The van der Waals surface area contributed by atoms with Crippen molar-refractivity contribution in [3.63, 3.8) is 0 Å². The molecule has 1 atom stereocenters. The van der Waals surface area contributed by atoms with E-state index in [4.69, 9.17) is 0 Å². The predicted octanol–water partition coefficient (Wildman–Crippen LogP) is 2.56. The molecule has 0 saturated carbocycles. The Kier molecular flexibility index (Phi) is 4.51. The summed E-state index contributed by atoms with van der Waals surface area (Å²) in [4.78, 5) is 2.10. The maximum Gasteiger partial charge on any atom is 0.121 e. The topological polar surface area (TPSA) is 39.1 Å². The fourth-order valence-corrected chi connectivity index (χ4v) is 2.06. The molecule has 0 aliphatic carbocycles. The maximum atomic E-state index is 9.29. The van der Waals surface area contributed by atoms with Crippen LogP contribution in [0.25, 0.3) is 10.8 Å². The first-order valence-corrected chi connectivity index (χ1v) is 6.47. The molecule has 0 heterocycles. The molecule has 0 aliphatic rings. The first kappa shape index (κ1) is 13.5. The number of rotatable bonds is 5. The summed E-state index contributed by atoms with van der Waals surface area (Å²) in [6, 6.07) is 16.5. The number of benzene rings is 2. The molecule has 0 aromatic heterocycles. The van der Waals surface area contributed by atoms with Crippen LogP contribution < -0.4 is 5.32 Å². The van der Waals surface area contributed by atoms with Gasteiger partial charge in [0.15, 0.2) is 0 Å². The fraction of sp³-hybridized carbons (Fsp3) is 0.312. The van der Waals surface area contributed by atoms with E-state index in [1.165, 1.54) is 10.8 Å². The second kappa shape index (κ2) is 6.33. The van der Waals surface area contributed by atoms with Gasteiger partial charge in [-0.15, -0.1) is 0 Å². The molecule has 1 N–H and O–H groups in total. The highest BCUT2D eigenvalue weighted by atomic mass is 15.1. The fourth-order valence-electron chi connectivity index (χ4n) is 2.06. The van der Waals surface area contributed by atoms with Gasteiger partial charge in [-0.2, -0.15) is 5.26 Å². The lowest BCUT2D eigenvalue weighted by Crippen LogP contribution is -2.29. The van der Waals surface area contributed by atoms with E-state index in [1.54, 1.807) is 0 Å². The van der Waals surface area contributed by atoms with E-state index in [1.807, 2.05) is 32.3 Å². The van der Waals surface area contributed by atoms with Crippen LogP contribution in [-0.2, 0) is 0 Å². The van der Waals surface area contributed by atoms with E-state index in [-0.39, 0.29) is 6.04 Å². The lowest BCUT2D eigenvalue weighted by atomic mass is 10.0. The molecule has 0 aliphatic heterocycles. The van der Waals surface area contributed by atoms with Gasteiger partial charge in [0.2, 0.25) is 0 Å². The monoisotopic (exact) mass is 253 g/mol. The third-order valence-corrected chi connectivity index (χ3v) is 3.14. The standard InChI is InChI=1S/C16H19N3/c1-19(2)10-9-18-16(12-17)15-8-7-13-5-3-4-6-14(13)11-15/h3-8,11,16,18H,9-10H2,1-2H3. The van der Waals surface area contributed by atoms with Gasteiger partial charge < -0.3 is 4.90 Å². The van der Waals surface area contributed by atoms with Crippen LogP contribution in [0.5, 0.6) is 0 Å². The third-order valence-electron chi connectivity index (χ3n) is 3.14. The third kappa shape index (κ3) is 3.54. The van der Waals surface area contributed by atoms with Crippen LogP contribution >= 0.6 is 0 Å². The van der Waals surface area contributed by atoms with Crippen LogP contribution in [0.4, 0.5) is 0 Å². The van der Waals surface area contributed by atoms with Crippen molar-refractivity contribution in [2.75, 3.05) is 27.2 Å². The molecule has 0 amide bonds. The van der Waals surface area contributed by atoms with E-state index < -0.39 is 0 Å². The Morgan fingerprint density at radius 3 is 2.58 bits per heavy atom. The Morgan fingerprint density at radius 2 is 1.89 bits per heavy atom. The average molecular weight is 253 g/mol. The number of likely N-dealkylation sites (N-methyl/N-ethyl adjacent to an activating group) is 1. The second-order valence-corrected chi connectivity index (χ2v) is 4.93. The summed E-state index contributed by atoms with van der Waals surface area (Å²) >= 11 is 0. The Hall–Kier alpha value is -1.89.